The first-order valence-corrected chi connectivity index (χ1v) is 8.81. The highest BCUT2D eigenvalue weighted by molar-refractivity contribution is 6.13. The lowest BCUT2D eigenvalue weighted by Crippen LogP contribution is -2.48. The molecule has 2 amide bonds. The zero-order valence-corrected chi connectivity index (χ0v) is 15.6. The molecule has 0 unspecified atom stereocenters. The number of aliphatic hydroxyl groups is 1. The minimum Gasteiger partial charge on any atom is -0.395 e. The highest BCUT2D eigenvalue weighted by Crippen LogP contribution is 2.45. The quantitative estimate of drug-likeness (QED) is 0.581. The van der Waals surface area contributed by atoms with E-state index in [1.54, 1.807) is 0 Å². The molecule has 160 valence electrons. The summed E-state index contributed by atoms with van der Waals surface area (Å²) in [6.07, 6.45) is -4.57. The molecule has 0 saturated carbocycles. The van der Waals surface area contributed by atoms with E-state index in [-0.39, 0.29) is 12.1 Å². The van der Waals surface area contributed by atoms with Crippen molar-refractivity contribution < 1.29 is 36.6 Å². The van der Waals surface area contributed by atoms with Gasteiger partial charge in [0.2, 0.25) is 11.8 Å². The molecule has 2 atom stereocenters. The van der Waals surface area contributed by atoms with Crippen LogP contribution in [0, 0.1) is 17.0 Å². The minimum absolute atomic E-state index is 0.0657. The molecule has 5 nitrogen and oxygen atoms in total. The summed E-state index contributed by atoms with van der Waals surface area (Å²) in [5, 5.41) is 12.2. The zero-order chi connectivity index (χ0) is 22.3. The van der Waals surface area contributed by atoms with Gasteiger partial charge in [-0.15, -0.1) is 0 Å². The van der Waals surface area contributed by atoms with Gasteiger partial charge in [-0.2, -0.15) is 13.2 Å². The number of hydrogen-bond acceptors (Lipinski definition) is 3. The molecule has 1 heterocycles. The van der Waals surface area contributed by atoms with Crippen molar-refractivity contribution >= 4 is 17.5 Å². The number of alkyl halides is 3. The Morgan fingerprint density at radius 2 is 1.83 bits per heavy atom. The Morgan fingerprint density at radius 3 is 2.40 bits per heavy atom. The Hall–Kier alpha value is -3.01. The third kappa shape index (κ3) is 3.51. The third-order valence-electron chi connectivity index (χ3n) is 5.27. The van der Waals surface area contributed by atoms with Crippen molar-refractivity contribution in [3.8, 4) is 0 Å². The highest BCUT2D eigenvalue weighted by atomic mass is 19.4. The van der Waals surface area contributed by atoms with Crippen molar-refractivity contribution in [2.45, 2.75) is 12.1 Å². The van der Waals surface area contributed by atoms with E-state index in [4.69, 9.17) is 0 Å². The Labute approximate surface area is 168 Å². The zero-order valence-electron chi connectivity index (χ0n) is 15.6. The van der Waals surface area contributed by atoms with Gasteiger partial charge >= 0.3 is 6.18 Å². The number of rotatable bonds is 4. The van der Waals surface area contributed by atoms with E-state index >= 15 is 0 Å². The molecule has 1 aliphatic rings. The molecule has 2 aromatic carbocycles. The summed E-state index contributed by atoms with van der Waals surface area (Å²) in [7, 11) is 1.37. The lowest BCUT2D eigenvalue weighted by molar-refractivity contribution is -0.145. The molecule has 1 fully saturated rings. The van der Waals surface area contributed by atoms with Crippen LogP contribution in [0.3, 0.4) is 0 Å². The van der Waals surface area contributed by atoms with E-state index in [1.165, 1.54) is 7.05 Å². The molecule has 0 aromatic heterocycles. The maximum Gasteiger partial charge on any atom is 0.416 e. The second kappa shape index (κ2) is 7.67. The number of nitrogens with zero attached hydrogens (tertiary/aromatic N) is 1. The number of anilines is 1. The van der Waals surface area contributed by atoms with Crippen LogP contribution in [-0.2, 0) is 15.8 Å². The maximum absolute atomic E-state index is 14.0. The van der Waals surface area contributed by atoms with Crippen LogP contribution in [0.4, 0.5) is 27.6 Å². The number of benzene rings is 2. The predicted octanol–water partition coefficient (Wildman–Crippen LogP) is 3.16. The molecule has 0 radical (unpaired) electrons. The lowest BCUT2D eigenvalue weighted by Gasteiger charge is -2.30. The second-order valence-corrected chi connectivity index (χ2v) is 7.04. The van der Waals surface area contributed by atoms with Crippen LogP contribution in [0.5, 0.6) is 0 Å². The number of halogens is 5. The fourth-order valence-corrected chi connectivity index (χ4v) is 3.64. The molecule has 3 rings (SSSR count). The van der Waals surface area contributed by atoms with Crippen molar-refractivity contribution in [1.82, 2.24) is 4.90 Å². The van der Waals surface area contributed by atoms with E-state index in [2.05, 4.69) is 5.32 Å². The van der Waals surface area contributed by atoms with E-state index in [0.29, 0.717) is 0 Å². The van der Waals surface area contributed by atoms with Crippen molar-refractivity contribution in [3.05, 3.63) is 65.2 Å². The van der Waals surface area contributed by atoms with Gasteiger partial charge < -0.3 is 15.3 Å². The second-order valence-electron chi connectivity index (χ2n) is 7.04. The van der Waals surface area contributed by atoms with Crippen molar-refractivity contribution in [2.75, 3.05) is 25.5 Å². The van der Waals surface area contributed by atoms with Crippen molar-refractivity contribution in [3.63, 3.8) is 0 Å². The van der Waals surface area contributed by atoms with Gasteiger partial charge in [0.25, 0.3) is 0 Å². The largest absolute Gasteiger partial charge is 0.416 e. The first-order chi connectivity index (χ1) is 14.0. The van der Waals surface area contributed by atoms with Gasteiger partial charge in [-0.05, 0) is 29.8 Å². The molecular weight excluding hydrogens is 411 g/mol. The van der Waals surface area contributed by atoms with Gasteiger partial charge in [0.05, 0.1) is 17.9 Å². The molecule has 2 aromatic rings. The Bertz CT molecular complexity index is 977. The topological polar surface area (TPSA) is 69.6 Å². The van der Waals surface area contributed by atoms with Crippen molar-refractivity contribution in [2.24, 2.45) is 5.41 Å². The first kappa shape index (κ1) is 21.7. The molecule has 1 saturated heterocycles. The molecule has 0 bridgehead atoms. The number of likely N-dealkylation sites (N-methyl/N-ethyl adjacent to an activating group) is 1. The van der Waals surface area contributed by atoms with E-state index in [9.17, 15) is 36.6 Å². The number of aliphatic hydroxyl groups excluding tert-OH is 1. The average Bonchev–Trinajstić information content (AvgIpc) is 2.96. The van der Waals surface area contributed by atoms with E-state index in [0.717, 1.165) is 47.4 Å². The number of carbonyl (C=O) groups is 2. The maximum atomic E-state index is 14.0. The van der Waals surface area contributed by atoms with Crippen LogP contribution in [0.25, 0.3) is 0 Å². The normalized spacial score (nSPS) is 21.8. The number of carbonyl (C=O) groups excluding carboxylic acids is 2. The standard InChI is InChI=1S/C20H17F5N2O3/c1-27-9-13(11-5-7-12(8-6-11)20(23,24)25)19(10-28,18(27)30)17(29)26-15-4-2-3-14(21)16(15)22/h2-8,13,28H,9-10H2,1H3,(H,26,29)/t13-,19-/m1/s1. The number of likely N-dealkylation sites (tertiary alicyclic amines) is 1. The van der Waals surface area contributed by atoms with Gasteiger partial charge in [0.1, 0.15) is 0 Å². The monoisotopic (exact) mass is 428 g/mol. The molecule has 10 heteroatoms. The summed E-state index contributed by atoms with van der Waals surface area (Å²) < 4.78 is 66.0. The number of nitrogens with one attached hydrogen (secondary N) is 1. The van der Waals surface area contributed by atoms with Crippen LogP contribution >= 0.6 is 0 Å². The van der Waals surface area contributed by atoms with E-state index in [1.807, 2.05) is 0 Å². The Balaban J connectivity index is 2.01. The number of amides is 2. The first-order valence-electron chi connectivity index (χ1n) is 8.81. The van der Waals surface area contributed by atoms with Crippen molar-refractivity contribution in [1.29, 1.82) is 0 Å². The average molecular weight is 428 g/mol. The molecule has 0 spiro atoms. The summed E-state index contributed by atoms with van der Waals surface area (Å²) in [5.41, 5.74) is -3.34. The summed E-state index contributed by atoms with van der Waals surface area (Å²) in [6, 6.07) is 6.94. The summed E-state index contributed by atoms with van der Waals surface area (Å²) in [4.78, 5) is 27.0. The van der Waals surface area contributed by atoms with Gasteiger partial charge in [0, 0.05) is 19.5 Å². The Morgan fingerprint density at radius 1 is 1.20 bits per heavy atom. The fourth-order valence-electron chi connectivity index (χ4n) is 3.64. The highest BCUT2D eigenvalue weighted by Gasteiger charge is 2.58. The molecule has 0 aliphatic carbocycles. The third-order valence-corrected chi connectivity index (χ3v) is 5.27. The van der Waals surface area contributed by atoms with Crippen LogP contribution in [-0.4, -0.2) is 42.0 Å². The molecule has 2 N–H and O–H groups in total. The van der Waals surface area contributed by atoms with Crippen LogP contribution in [0.1, 0.15) is 17.0 Å². The fraction of sp³-hybridized carbons (Fsp3) is 0.300. The minimum atomic E-state index is -4.57. The van der Waals surface area contributed by atoms with Crippen LogP contribution in [0.15, 0.2) is 42.5 Å². The SMILES string of the molecule is CN1C[C@H](c2ccc(C(F)(F)F)cc2)[C@](CO)(C(=O)Nc2cccc(F)c2F)C1=O. The Kier molecular flexibility index (Phi) is 5.55. The molecule has 1 aliphatic heterocycles. The molecule has 30 heavy (non-hydrogen) atoms. The lowest BCUT2D eigenvalue weighted by atomic mass is 9.73. The summed E-state index contributed by atoms with van der Waals surface area (Å²) in [6.45, 7) is -1.05. The van der Waals surface area contributed by atoms with Gasteiger partial charge in [-0.25, -0.2) is 8.78 Å². The van der Waals surface area contributed by atoms with Gasteiger partial charge in [-0.1, -0.05) is 18.2 Å². The van der Waals surface area contributed by atoms with E-state index < -0.39 is 58.8 Å². The smallest absolute Gasteiger partial charge is 0.395 e. The van der Waals surface area contributed by atoms with Gasteiger partial charge in [-0.3, -0.25) is 9.59 Å². The van der Waals surface area contributed by atoms with Gasteiger partial charge in [0.15, 0.2) is 17.0 Å². The number of hydrogen-bond donors (Lipinski definition) is 2. The van der Waals surface area contributed by atoms with Crippen LogP contribution in [0.2, 0.25) is 0 Å². The predicted molar refractivity (Wildman–Crippen MR) is 96.3 cm³/mol. The summed E-state index contributed by atoms with van der Waals surface area (Å²) >= 11 is 0. The summed E-state index contributed by atoms with van der Waals surface area (Å²) in [5.74, 6) is -5.46. The van der Waals surface area contributed by atoms with Crippen LogP contribution < -0.4 is 5.32 Å². The molecular formula is C20H17F5N2O3.